The van der Waals surface area contributed by atoms with Crippen LogP contribution >= 0.6 is 0 Å². The molecule has 2 rings (SSSR count). The Morgan fingerprint density at radius 1 is 1.17 bits per heavy atom. The fourth-order valence-electron chi connectivity index (χ4n) is 2.19. The van der Waals surface area contributed by atoms with E-state index in [9.17, 15) is 9.70 Å². The number of hydrogen-bond donors (Lipinski definition) is 0. The lowest BCUT2D eigenvalue weighted by molar-refractivity contribution is 0.0975. The number of ketones is 1. The number of hydrogen-bond acceptors (Lipinski definition) is 6. The van der Waals surface area contributed by atoms with Gasteiger partial charge < -0.3 is 14.2 Å². The smallest absolute Gasteiger partial charge is 0.203 e. The molecule has 1 aromatic rings. The van der Waals surface area contributed by atoms with Crippen LogP contribution in [-0.4, -0.2) is 33.2 Å². The van der Waals surface area contributed by atoms with Crippen LogP contribution < -0.4 is 14.2 Å². The minimum Gasteiger partial charge on any atom is -0.493 e. The van der Waals surface area contributed by atoms with Gasteiger partial charge in [0.05, 0.1) is 21.3 Å². The molecule has 6 heteroatoms. The number of ether oxygens (including phenoxy) is 3. The van der Waals surface area contributed by atoms with E-state index in [0.717, 1.165) is 0 Å². The molecule has 1 aromatic carbocycles. The van der Waals surface area contributed by atoms with Crippen LogP contribution in [0.1, 0.15) is 15.9 Å². The summed E-state index contributed by atoms with van der Waals surface area (Å²) in [5, 5.41) is 2.83. The van der Waals surface area contributed by atoms with E-state index >= 15 is 0 Å². The summed E-state index contributed by atoms with van der Waals surface area (Å²) in [6.07, 6.45) is 0.237. The molecule has 1 atom stereocenters. The Morgan fingerprint density at radius 2 is 1.83 bits per heavy atom. The van der Waals surface area contributed by atoms with Crippen LogP contribution in [0.3, 0.4) is 0 Å². The minimum atomic E-state index is -0.884. The van der Waals surface area contributed by atoms with Crippen LogP contribution in [0.5, 0.6) is 17.2 Å². The van der Waals surface area contributed by atoms with Crippen LogP contribution in [0.15, 0.2) is 11.2 Å². The van der Waals surface area contributed by atoms with E-state index in [1.807, 2.05) is 0 Å². The highest BCUT2D eigenvalue weighted by Gasteiger charge is 2.36. The average molecular weight is 251 g/mol. The molecule has 0 N–H and O–H groups in total. The first-order chi connectivity index (χ1) is 8.67. The van der Waals surface area contributed by atoms with Gasteiger partial charge in [-0.2, -0.15) is 4.91 Å². The molecule has 18 heavy (non-hydrogen) atoms. The number of rotatable bonds is 4. The summed E-state index contributed by atoms with van der Waals surface area (Å²) in [7, 11) is 4.43. The third-order valence-corrected chi connectivity index (χ3v) is 3.03. The standard InChI is InChI=1S/C12H13NO5/c1-16-9-5-6-7(4-8(13-15)10(6)14)11(17-2)12(9)18-3/h5,8H,4H2,1-3H3. The zero-order chi connectivity index (χ0) is 13.3. The van der Waals surface area contributed by atoms with Gasteiger partial charge in [-0.15, -0.1) is 0 Å². The summed E-state index contributed by atoms with van der Waals surface area (Å²) in [5.41, 5.74) is 1.05. The minimum absolute atomic E-state index is 0.237. The first-order valence-corrected chi connectivity index (χ1v) is 5.36. The molecule has 6 nitrogen and oxygen atoms in total. The molecule has 0 fully saturated rings. The topological polar surface area (TPSA) is 74.2 Å². The number of carbonyl (C=O) groups excluding carboxylic acids is 1. The molecule has 1 aliphatic carbocycles. The molecule has 1 unspecified atom stereocenters. The molecular weight excluding hydrogens is 238 g/mol. The largest absolute Gasteiger partial charge is 0.493 e. The molecule has 0 spiro atoms. The van der Waals surface area contributed by atoms with Crippen LogP contribution in [0.4, 0.5) is 0 Å². The number of nitrogens with zero attached hydrogens (tertiary/aromatic N) is 1. The predicted octanol–water partition coefficient (Wildman–Crippen LogP) is 1.59. The number of nitroso groups, excluding NO2 is 1. The Kier molecular flexibility index (Phi) is 3.18. The summed E-state index contributed by atoms with van der Waals surface area (Å²) < 4.78 is 15.6. The lowest BCUT2D eigenvalue weighted by Gasteiger charge is -2.15. The monoisotopic (exact) mass is 251 g/mol. The van der Waals surface area contributed by atoms with Crippen molar-refractivity contribution in [2.45, 2.75) is 12.5 Å². The Balaban J connectivity index is 2.66. The third kappa shape index (κ3) is 1.61. The maximum absolute atomic E-state index is 11.9. The summed E-state index contributed by atoms with van der Waals surface area (Å²) in [5.74, 6) is 0.928. The number of carbonyl (C=O) groups is 1. The van der Waals surface area contributed by atoms with Gasteiger partial charge in [0.1, 0.15) is 0 Å². The van der Waals surface area contributed by atoms with Crippen molar-refractivity contribution in [1.29, 1.82) is 0 Å². The highest BCUT2D eigenvalue weighted by Crippen LogP contribution is 2.45. The molecule has 0 saturated carbocycles. The Bertz CT molecular complexity index is 512. The maximum Gasteiger partial charge on any atom is 0.203 e. The van der Waals surface area contributed by atoms with Crippen molar-refractivity contribution in [3.63, 3.8) is 0 Å². The fraction of sp³-hybridized carbons (Fsp3) is 0.417. The van der Waals surface area contributed by atoms with Gasteiger partial charge in [0.2, 0.25) is 5.75 Å². The summed E-state index contributed by atoms with van der Waals surface area (Å²) in [4.78, 5) is 22.5. The lowest BCUT2D eigenvalue weighted by Crippen LogP contribution is -2.11. The molecule has 0 aliphatic heterocycles. The van der Waals surface area contributed by atoms with Crippen molar-refractivity contribution in [1.82, 2.24) is 0 Å². The van der Waals surface area contributed by atoms with Gasteiger partial charge in [-0.3, -0.25) is 4.79 Å². The van der Waals surface area contributed by atoms with Crippen molar-refractivity contribution < 1.29 is 19.0 Å². The number of methoxy groups -OCH3 is 3. The predicted molar refractivity (Wildman–Crippen MR) is 63.7 cm³/mol. The van der Waals surface area contributed by atoms with Gasteiger partial charge in [-0.25, -0.2) is 0 Å². The summed E-state index contributed by atoms with van der Waals surface area (Å²) >= 11 is 0. The lowest BCUT2D eigenvalue weighted by atomic mass is 10.1. The normalized spacial score (nSPS) is 17.3. The molecule has 0 aromatic heterocycles. The molecule has 0 saturated heterocycles. The molecule has 1 aliphatic rings. The zero-order valence-corrected chi connectivity index (χ0v) is 10.4. The van der Waals surface area contributed by atoms with Gasteiger partial charge in [-0.05, 0) is 6.07 Å². The van der Waals surface area contributed by atoms with Crippen molar-refractivity contribution in [2.75, 3.05) is 21.3 Å². The van der Waals surface area contributed by atoms with Crippen molar-refractivity contribution in [3.8, 4) is 17.2 Å². The van der Waals surface area contributed by atoms with Crippen LogP contribution in [0.2, 0.25) is 0 Å². The zero-order valence-electron chi connectivity index (χ0n) is 10.4. The van der Waals surface area contributed by atoms with Gasteiger partial charge in [0, 0.05) is 17.5 Å². The Hall–Kier alpha value is -2.11. The van der Waals surface area contributed by atoms with Crippen LogP contribution in [0.25, 0.3) is 0 Å². The summed E-state index contributed by atoms with van der Waals surface area (Å²) in [6.45, 7) is 0. The van der Waals surface area contributed by atoms with Crippen molar-refractivity contribution >= 4 is 5.78 Å². The molecule has 0 amide bonds. The second-order valence-electron chi connectivity index (χ2n) is 3.86. The van der Waals surface area contributed by atoms with Crippen molar-refractivity contribution in [3.05, 3.63) is 22.1 Å². The quantitative estimate of drug-likeness (QED) is 0.759. The van der Waals surface area contributed by atoms with Crippen LogP contribution in [0, 0.1) is 4.91 Å². The first kappa shape index (κ1) is 12.3. The van der Waals surface area contributed by atoms with E-state index in [0.29, 0.717) is 28.4 Å². The van der Waals surface area contributed by atoms with Crippen LogP contribution in [-0.2, 0) is 6.42 Å². The first-order valence-electron chi connectivity index (χ1n) is 5.36. The third-order valence-electron chi connectivity index (χ3n) is 3.03. The fourth-order valence-corrected chi connectivity index (χ4v) is 2.19. The van der Waals surface area contributed by atoms with E-state index in [1.54, 1.807) is 6.07 Å². The molecule has 0 heterocycles. The Morgan fingerprint density at radius 3 is 2.33 bits per heavy atom. The van der Waals surface area contributed by atoms with Gasteiger partial charge in [0.25, 0.3) is 0 Å². The highest BCUT2D eigenvalue weighted by atomic mass is 16.5. The number of Topliss-reactive ketones (excluding diaryl/α,β-unsaturated/α-hetero) is 1. The van der Waals surface area contributed by atoms with E-state index < -0.39 is 6.04 Å². The second-order valence-corrected chi connectivity index (χ2v) is 3.86. The van der Waals surface area contributed by atoms with E-state index in [-0.39, 0.29) is 12.2 Å². The van der Waals surface area contributed by atoms with E-state index in [2.05, 4.69) is 5.18 Å². The SMILES string of the molecule is COc1cc2c(c(OC)c1OC)CC(N=O)C2=O. The highest BCUT2D eigenvalue weighted by molar-refractivity contribution is 6.06. The van der Waals surface area contributed by atoms with Gasteiger partial charge in [0.15, 0.2) is 23.3 Å². The van der Waals surface area contributed by atoms with Crippen molar-refractivity contribution in [2.24, 2.45) is 5.18 Å². The van der Waals surface area contributed by atoms with Gasteiger partial charge >= 0.3 is 0 Å². The van der Waals surface area contributed by atoms with Gasteiger partial charge in [-0.1, -0.05) is 5.18 Å². The van der Waals surface area contributed by atoms with E-state index in [4.69, 9.17) is 14.2 Å². The molecule has 96 valence electrons. The van der Waals surface area contributed by atoms with E-state index in [1.165, 1.54) is 21.3 Å². The molecule has 0 bridgehead atoms. The summed E-state index contributed by atoms with van der Waals surface area (Å²) in [6, 6.07) is 0.676. The molecular formula is C12H13NO5. The molecule has 0 radical (unpaired) electrons. The number of benzene rings is 1. The Labute approximate surface area is 104 Å². The number of fused-ring (bicyclic) bond motifs is 1. The second kappa shape index (κ2) is 4.64. The average Bonchev–Trinajstić information content (AvgIpc) is 2.72. The maximum atomic E-state index is 11.9.